The molecular weight excluding hydrogens is 306 g/mol. The number of aromatic nitrogens is 2. The Morgan fingerprint density at radius 1 is 1.00 bits per heavy atom. The van der Waals surface area contributed by atoms with Crippen molar-refractivity contribution in [2.24, 2.45) is 0 Å². The average molecular weight is 321 g/mol. The molecule has 0 aliphatic carbocycles. The van der Waals surface area contributed by atoms with E-state index in [2.05, 4.69) is 9.97 Å². The van der Waals surface area contributed by atoms with E-state index in [1.54, 1.807) is 12.1 Å². The highest BCUT2D eigenvalue weighted by Crippen LogP contribution is 2.23. The van der Waals surface area contributed by atoms with Crippen LogP contribution in [0.3, 0.4) is 0 Å². The van der Waals surface area contributed by atoms with E-state index in [1.165, 1.54) is 22.6 Å². The molecule has 8 heteroatoms. The molecule has 1 aliphatic rings. The number of sulfonamides is 1. The maximum Gasteiger partial charge on any atom is 0.325 e. The Balaban J connectivity index is 1.96. The summed E-state index contributed by atoms with van der Waals surface area (Å²) in [4.78, 5) is 27.5. The van der Waals surface area contributed by atoms with Crippen LogP contribution < -0.4 is 11.2 Å². The summed E-state index contributed by atoms with van der Waals surface area (Å²) in [5.41, 5.74) is -0.275. The van der Waals surface area contributed by atoms with E-state index in [0.29, 0.717) is 18.7 Å². The molecule has 1 aromatic carbocycles. The van der Waals surface area contributed by atoms with E-state index < -0.39 is 21.3 Å². The van der Waals surface area contributed by atoms with Gasteiger partial charge in [-0.2, -0.15) is 4.31 Å². The van der Waals surface area contributed by atoms with Crippen LogP contribution >= 0.6 is 0 Å². The van der Waals surface area contributed by atoms with Crippen molar-refractivity contribution in [2.75, 3.05) is 13.1 Å². The lowest BCUT2D eigenvalue weighted by Crippen LogP contribution is -2.27. The zero-order valence-corrected chi connectivity index (χ0v) is 12.5. The first kappa shape index (κ1) is 14.7. The van der Waals surface area contributed by atoms with Gasteiger partial charge in [0.1, 0.15) is 0 Å². The van der Waals surface area contributed by atoms with Crippen LogP contribution in [0, 0.1) is 0 Å². The lowest BCUT2D eigenvalue weighted by atomic mass is 10.1. The Kier molecular flexibility index (Phi) is 3.71. The molecule has 2 aromatic rings. The molecule has 1 aliphatic heterocycles. The third-order valence-electron chi connectivity index (χ3n) is 3.69. The van der Waals surface area contributed by atoms with Gasteiger partial charge in [-0.05, 0) is 30.5 Å². The van der Waals surface area contributed by atoms with Gasteiger partial charge in [0.15, 0.2) is 0 Å². The molecule has 1 fully saturated rings. The zero-order valence-electron chi connectivity index (χ0n) is 11.7. The van der Waals surface area contributed by atoms with Gasteiger partial charge >= 0.3 is 5.69 Å². The lowest BCUT2D eigenvalue weighted by Gasteiger charge is -2.15. The second-order valence-corrected chi connectivity index (χ2v) is 7.06. The van der Waals surface area contributed by atoms with E-state index in [9.17, 15) is 18.0 Å². The van der Waals surface area contributed by atoms with Crippen LogP contribution in [0.2, 0.25) is 0 Å². The molecule has 2 heterocycles. The molecule has 0 amide bonds. The Labute approximate surface area is 126 Å². The summed E-state index contributed by atoms with van der Waals surface area (Å²) in [6, 6.07) is 6.08. The molecule has 7 nitrogen and oxygen atoms in total. The first-order valence-electron chi connectivity index (χ1n) is 6.91. The standard InChI is InChI=1S/C14H15N3O4S/c18-13-12(9-15-14(19)16-13)10-3-5-11(6-4-10)22(20,21)17-7-1-2-8-17/h3-6,9H,1-2,7-8H2,(H2,15,16,18,19). The predicted octanol–water partition coefficient (Wildman–Crippen LogP) is 0.515. The molecular formula is C14H15N3O4S. The monoisotopic (exact) mass is 321 g/mol. The molecule has 0 spiro atoms. The maximum atomic E-state index is 12.4. The molecule has 116 valence electrons. The molecule has 0 unspecified atom stereocenters. The van der Waals surface area contributed by atoms with Gasteiger partial charge in [-0.25, -0.2) is 13.2 Å². The summed E-state index contributed by atoms with van der Waals surface area (Å²) in [5.74, 6) is 0. The molecule has 3 rings (SSSR count). The number of nitrogens with one attached hydrogen (secondary N) is 2. The maximum absolute atomic E-state index is 12.4. The van der Waals surface area contributed by atoms with Crippen molar-refractivity contribution in [3.05, 3.63) is 51.3 Å². The third-order valence-corrected chi connectivity index (χ3v) is 5.60. The van der Waals surface area contributed by atoms with Crippen LogP contribution in [0.4, 0.5) is 0 Å². The Morgan fingerprint density at radius 2 is 1.64 bits per heavy atom. The molecule has 1 aromatic heterocycles. The topological polar surface area (TPSA) is 103 Å². The fraction of sp³-hybridized carbons (Fsp3) is 0.286. The van der Waals surface area contributed by atoms with Gasteiger partial charge < -0.3 is 4.98 Å². The van der Waals surface area contributed by atoms with Gasteiger partial charge in [0, 0.05) is 19.3 Å². The normalized spacial score (nSPS) is 16.0. The lowest BCUT2D eigenvalue weighted by molar-refractivity contribution is 0.477. The van der Waals surface area contributed by atoms with Crippen LogP contribution in [0.15, 0.2) is 44.9 Å². The van der Waals surface area contributed by atoms with Crippen LogP contribution in [-0.4, -0.2) is 35.8 Å². The quantitative estimate of drug-likeness (QED) is 0.860. The van der Waals surface area contributed by atoms with Crippen molar-refractivity contribution in [1.82, 2.24) is 14.3 Å². The number of rotatable bonds is 3. The zero-order chi connectivity index (χ0) is 15.7. The van der Waals surface area contributed by atoms with E-state index in [4.69, 9.17) is 0 Å². The number of aromatic amines is 2. The summed E-state index contributed by atoms with van der Waals surface area (Å²) >= 11 is 0. The Bertz CT molecular complexity index is 891. The first-order chi connectivity index (χ1) is 10.5. The van der Waals surface area contributed by atoms with Crippen LogP contribution in [0.5, 0.6) is 0 Å². The molecule has 22 heavy (non-hydrogen) atoms. The highest BCUT2D eigenvalue weighted by Gasteiger charge is 2.26. The number of hydrogen-bond acceptors (Lipinski definition) is 4. The third kappa shape index (κ3) is 2.62. The van der Waals surface area contributed by atoms with Crippen molar-refractivity contribution in [3.63, 3.8) is 0 Å². The van der Waals surface area contributed by atoms with E-state index in [1.807, 2.05) is 0 Å². The van der Waals surface area contributed by atoms with Gasteiger partial charge in [0.2, 0.25) is 10.0 Å². The molecule has 0 bridgehead atoms. The Hall–Kier alpha value is -2.19. The van der Waals surface area contributed by atoms with Crippen molar-refractivity contribution < 1.29 is 8.42 Å². The average Bonchev–Trinajstić information content (AvgIpc) is 3.02. The van der Waals surface area contributed by atoms with Crippen molar-refractivity contribution >= 4 is 10.0 Å². The number of nitrogens with zero attached hydrogens (tertiary/aromatic N) is 1. The second-order valence-electron chi connectivity index (χ2n) is 5.12. The minimum Gasteiger partial charge on any atom is -0.313 e. The molecule has 2 N–H and O–H groups in total. The first-order valence-corrected chi connectivity index (χ1v) is 8.35. The van der Waals surface area contributed by atoms with E-state index in [0.717, 1.165) is 12.8 Å². The summed E-state index contributed by atoms with van der Waals surface area (Å²) < 4.78 is 26.3. The van der Waals surface area contributed by atoms with Gasteiger partial charge in [-0.3, -0.25) is 9.78 Å². The summed E-state index contributed by atoms with van der Waals surface area (Å²) in [6.45, 7) is 1.09. The minimum atomic E-state index is -3.46. The van der Waals surface area contributed by atoms with Gasteiger partial charge in [0.25, 0.3) is 5.56 Å². The van der Waals surface area contributed by atoms with Gasteiger partial charge in [-0.15, -0.1) is 0 Å². The number of benzene rings is 1. The van der Waals surface area contributed by atoms with E-state index in [-0.39, 0.29) is 10.5 Å². The smallest absolute Gasteiger partial charge is 0.313 e. The second kappa shape index (κ2) is 5.54. The minimum absolute atomic E-state index is 0.207. The van der Waals surface area contributed by atoms with Gasteiger partial charge in [0.05, 0.1) is 10.5 Å². The highest BCUT2D eigenvalue weighted by molar-refractivity contribution is 7.89. The molecule has 0 atom stereocenters. The number of hydrogen-bond donors (Lipinski definition) is 2. The Morgan fingerprint density at radius 3 is 2.23 bits per heavy atom. The van der Waals surface area contributed by atoms with Crippen LogP contribution in [-0.2, 0) is 10.0 Å². The van der Waals surface area contributed by atoms with Crippen LogP contribution in [0.25, 0.3) is 11.1 Å². The van der Waals surface area contributed by atoms with Crippen LogP contribution in [0.1, 0.15) is 12.8 Å². The fourth-order valence-electron chi connectivity index (χ4n) is 2.51. The molecule has 1 saturated heterocycles. The van der Waals surface area contributed by atoms with E-state index >= 15 is 0 Å². The van der Waals surface area contributed by atoms with Crippen molar-refractivity contribution in [3.8, 4) is 11.1 Å². The van der Waals surface area contributed by atoms with Crippen molar-refractivity contribution in [2.45, 2.75) is 17.7 Å². The fourth-order valence-corrected chi connectivity index (χ4v) is 4.03. The molecule has 0 saturated carbocycles. The largest absolute Gasteiger partial charge is 0.325 e. The number of H-pyrrole nitrogens is 2. The highest BCUT2D eigenvalue weighted by atomic mass is 32.2. The predicted molar refractivity (Wildman–Crippen MR) is 81.1 cm³/mol. The summed E-state index contributed by atoms with van der Waals surface area (Å²) in [6.07, 6.45) is 3.07. The summed E-state index contributed by atoms with van der Waals surface area (Å²) in [5, 5.41) is 0. The van der Waals surface area contributed by atoms with Crippen molar-refractivity contribution in [1.29, 1.82) is 0 Å². The SMILES string of the molecule is O=c1[nH]cc(-c2ccc(S(=O)(=O)N3CCCC3)cc2)c(=O)[nH]1. The molecule has 0 radical (unpaired) electrons. The summed E-state index contributed by atoms with van der Waals surface area (Å²) in [7, 11) is -3.46. The van der Waals surface area contributed by atoms with Gasteiger partial charge in [-0.1, -0.05) is 12.1 Å².